The highest BCUT2D eigenvalue weighted by atomic mass is 32.1. The van der Waals surface area contributed by atoms with Crippen molar-refractivity contribution in [1.82, 2.24) is 34.8 Å². The minimum Gasteiger partial charge on any atom is -0.349 e. The van der Waals surface area contributed by atoms with E-state index in [1.807, 2.05) is 47.2 Å². The number of benzene rings is 1. The van der Waals surface area contributed by atoms with Gasteiger partial charge in [-0.25, -0.2) is 0 Å². The Bertz CT molecular complexity index is 1040. The van der Waals surface area contributed by atoms with Gasteiger partial charge < -0.3 is 9.88 Å². The number of carbonyl (C=O) groups is 1. The molecule has 0 aliphatic heterocycles. The Morgan fingerprint density at radius 2 is 1.78 bits per heavy atom. The van der Waals surface area contributed by atoms with Gasteiger partial charge in [0.05, 0.1) is 6.54 Å². The summed E-state index contributed by atoms with van der Waals surface area (Å²) < 4.78 is 4.72. The maximum absolute atomic E-state index is 12.3. The molecular weight excluding hydrogens is 382 g/mol. The average Bonchev–Trinajstić information content (AvgIpc) is 3.21. The van der Waals surface area contributed by atoms with Gasteiger partial charge >= 0.3 is 0 Å². The topological polar surface area (TPSA) is 96.3 Å². The Morgan fingerprint density at radius 1 is 1.11 bits per heavy atom. The van der Waals surface area contributed by atoms with E-state index in [1.54, 1.807) is 0 Å². The highest BCUT2D eigenvalue weighted by molar-refractivity contribution is 7.71. The lowest BCUT2D eigenvalue weighted by Crippen LogP contribution is -2.25. The molecule has 0 atom stereocenters. The van der Waals surface area contributed by atoms with Gasteiger partial charge in [0.2, 0.25) is 5.91 Å². The van der Waals surface area contributed by atoms with Crippen LogP contribution in [0.3, 0.4) is 0 Å². The normalized spacial score (nSPS) is 10.9. The third kappa shape index (κ3) is 4.40. The summed E-state index contributed by atoms with van der Waals surface area (Å²) in [5.41, 5.74) is 2.12. The van der Waals surface area contributed by atoms with E-state index in [9.17, 15) is 4.79 Å². The van der Waals surface area contributed by atoms with Crippen LogP contribution < -0.4 is 5.32 Å². The van der Waals surface area contributed by atoms with Crippen LogP contribution in [-0.2, 0) is 24.4 Å². The number of aromatic nitrogens is 6. The molecule has 1 aromatic carbocycles. The molecule has 0 saturated heterocycles. The van der Waals surface area contributed by atoms with Crippen LogP contribution in [0.4, 0.5) is 0 Å². The second kappa shape index (κ2) is 8.40. The molecule has 0 fully saturated rings. The lowest BCUT2D eigenvalue weighted by atomic mass is 10.1. The van der Waals surface area contributed by atoms with Crippen molar-refractivity contribution in [3.8, 4) is 11.4 Å². The van der Waals surface area contributed by atoms with E-state index in [0.717, 1.165) is 11.4 Å². The van der Waals surface area contributed by atoms with E-state index in [2.05, 4.69) is 25.7 Å². The Morgan fingerprint density at radius 3 is 2.48 bits per heavy atom. The molecule has 1 amide bonds. The van der Waals surface area contributed by atoms with E-state index >= 15 is 0 Å². The molecule has 0 bridgehead atoms. The predicted molar refractivity (Wildman–Crippen MR) is 107 cm³/mol. The zero-order chi connectivity index (χ0) is 19.4. The number of H-pyrrole nitrogens is 2. The van der Waals surface area contributed by atoms with Gasteiger partial charge in [0.25, 0.3) is 0 Å². The minimum atomic E-state index is -0.0930. The fraction of sp³-hybridized carbons (Fsp3) is 0.353. The Kier molecular flexibility index (Phi) is 5.97. The van der Waals surface area contributed by atoms with E-state index in [1.165, 1.54) is 5.56 Å². The maximum atomic E-state index is 12.3. The summed E-state index contributed by atoms with van der Waals surface area (Å²) in [5.74, 6) is 1.33. The van der Waals surface area contributed by atoms with Crippen molar-refractivity contribution < 1.29 is 4.79 Å². The lowest BCUT2D eigenvalue weighted by Gasteiger charge is -2.08. The summed E-state index contributed by atoms with van der Waals surface area (Å²) >= 11 is 10.5. The average molecular weight is 404 g/mol. The number of amides is 1. The summed E-state index contributed by atoms with van der Waals surface area (Å²) in [7, 11) is 0. The molecule has 0 aliphatic rings. The smallest absolute Gasteiger partial charge is 0.222 e. The monoisotopic (exact) mass is 403 g/mol. The van der Waals surface area contributed by atoms with Gasteiger partial charge in [-0.05, 0) is 38.3 Å². The van der Waals surface area contributed by atoms with Crippen molar-refractivity contribution in [1.29, 1.82) is 0 Å². The van der Waals surface area contributed by atoms with Crippen molar-refractivity contribution in [3.63, 3.8) is 0 Å². The first-order valence-electron chi connectivity index (χ1n) is 8.62. The first kappa shape index (κ1) is 19.2. The number of hydrogen-bond acceptors (Lipinski definition) is 5. The molecule has 8 nitrogen and oxygen atoms in total. The third-order valence-corrected chi connectivity index (χ3v) is 4.85. The second-order valence-corrected chi connectivity index (χ2v) is 6.86. The van der Waals surface area contributed by atoms with E-state index in [4.69, 9.17) is 24.4 Å². The van der Waals surface area contributed by atoms with Gasteiger partial charge in [0.15, 0.2) is 21.2 Å². The quantitative estimate of drug-likeness (QED) is 0.527. The van der Waals surface area contributed by atoms with Crippen LogP contribution in [-0.4, -0.2) is 35.4 Å². The van der Waals surface area contributed by atoms with Crippen LogP contribution in [0.25, 0.3) is 11.4 Å². The maximum Gasteiger partial charge on any atom is 0.222 e. The highest BCUT2D eigenvalue weighted by Gasteiger charge is 2.11. The molecular formula is C17H21N7OS2. The Labute approximate surface area is 166 Å². The fourth-order valence-corrected chi connectivity index (χ4v) is 3.24. The number of nitrogens with one attached hydrogen (secondary N) is 3. The molecule has 0 aliphatic carbocycles. The van der Waals surface area contributed by atoms with Gasteiger partial charge in [-0.2, -0.15) is 10.2 Å². The molecule has 10 heteroatoms. The molecule has 3 rings (SSSR count). The Balaban J connectivity index is 1.64. The van der Waals surface area contributed by atoms with Gasteiger partial charge in [-0.3, -0.25) is 19.6 Å². The molecule has 0 radical (unpaired) electrons. The van der Waals surface area contributed by atoms with Crippen molar-refractivity contribution >= 4 is 30.3 Å². The van der Waals surface area contributed by atoms with Crippen LogP contribution in [0.5, 0.6) is 0 Å². The zero-order valence-electron chi connectivity index (χ0n) is 15.2. The van der Waals surface area contributed by atoms with Crippen LogP contribution in [0.1, 0.15) is 24.7 Å². The number of rotatable bonds is 7. The van der Waals surface area contributed by atoms with Gasteiger partial charge in [-0.15, -0.1) is 0 Å². The number of aromatic amines is 2. The van der Waals surface area contributed by atoms with Gasteiger partial charge in [0.1, 0.15) is 0 Å². The van der Waals surface area contributed by atoms with E-state index in [0.29, 0.717) is 35.0 Å². The summed E-state index contributed by atoms with van der Waals surface area (Å²) in [5, 5.41) is 16.8. The van der Waals surface area contributed by atoms with E-state index in [-0.39, 0.29) is 12.3 Å². The molecule has 3 aromatic rings. The molecule has 142 valence electrons. The molecule has 2 aromatic heterocycles. The van der Waals surface area contributed by atoms with Gasteiger partial charge in [0, 0.05) is 25.1 Å². The summed E-state index contributed by atoms with van der Waals surface area (Å²) in [4.78, 5) is 12.3. The predicted octanol–water partition coefficient (Wildman–Crippen LogP) is 2.90. The molecule has 0 unspecified atom stereocenters. The van der Waals surface area contributed by atoms with E-state index < -0.39 is 0 Å². The van der Waals surface area contributed by atoms with Crippen molar-refractivity contribution in [2.75, 3.05) is 0 Å². The fourth-order valence-electron chi connectivity index (χ4n) is 2.74. The third-order valence-electron chi connectivity index (χ3n) is 4.23. The summed E-state index contributed by atoms with van der Waals surface area (Å²) in [6, 6.07) is 8.02. The van der Waals surface area contributed by atoms with Gasteiger partial charge in [-0.1, -0.05) is 29.8 Å². The number of aryl methyl sites for hydroxylation is 1. The Hall–Kier alpha value is -2.59. The number of nitrogens with zero attached hydrogens (tertiary/aromatic N) is 4. The van der Waals surface area contributed by atoms with Crippen molar-refractivity contribution in [2.24, 2.45) is 0 Å². The first-order valence-corrected chi connectivity index (χ1v) is 9.44. The number of carbonyl (C=O) groups excluding carboxylic acids is 1. The summed E-state index contributed by atoms with van der Waals surface area (Å²) in [6.45, 7) is 5.46. The zero-order valence-corrected chi connectivity index (χ0v) is 16.8. The first-order chi connectivity index (χ1) is 13.0. The number of hydrogen-bond donors (Lipinski definition) is 3. The molecule has 27 heavy (non-hydrogen) atoms. The minimum absolute atomic E-state index is 0.0930. The molecule has 0 spiro atoms. The van der Waals surface area contributed by atoms with Crippen LogP contribution >= 0.6 is 24.4 Å². The highest BCUT2D eigenvalue weighted by Crippen LogP contribution is 2.18. The van der Waals surface area contributed by atoms with Crippen molar-refractivity contribution in [3.05, 3.63) is 45.2 Å². The van der Waals surface area contributed by atoms with Crippen molar-refractivity contribution in [2.45, 2.75) is 39.9 Å². The van der Waals surface area contributed by atoms with Crippen LogP contribution in [0, 0.1) is 16.5 Å². The standard InChI is InChI=1S/C17H21N7OS2/c1-3-23-13(19-21-16(23)26)10-18-14(25)8-9-24-15(20-22-17(24)27)12-6-4-11(2)5-7-12/h4-7H,3,8-10H2,1-2H3,(H,18,25)(H,21,26)(H,22,27). The molecule has 2 heterocycles. The molecule has 3 N–H and O–H groups in total. The van der Waals surface area contributed by atoms with Crippen LogP contribution in [0.15, 0.2) is 24.3 Å². The SMILES string of the molecule is CCn1c(CNC(=O)CCn2c(-c3ccc(C)cc3)n[nH]c2=S)n[nH]c1=S. The molecule has 0 saturated carbocycles. The lowest BCUT2D eigenvalue weighted by molar-refractivity contribution is -0.121. The second-order valence-electron chi connectivity index (χ2n) is 6.09. The summed E-state index contributed by atoms with van der Waals surface area (Å²) in [6.07, 6.45) is 0.282. The largest absolute Gasteiger partial charge is 0.349 e. The van der Waals surface area contributed by atoms with Crippen LogP contribution in [0.2, 0.25) is 0 Å².